The number of hydrogen-bond donors (Lipinski definition) is 0. The van der Waals surface area contributed by atoms with Gasteiger partial charge in [0.15, 0.2) is 6.04 Å². The lowest BCUT2D eigenvalue weighted by molar-refractivity contribution is -0.137. The van der Waals surface area contributed by atoms with Crippen molar-refractivity contribution < 1.29 is 18.0 Å². The first-order valence-electron chi connectivity index (χ1n) is 7.49. The Morgan fingerprint density at radius 2 is 1.85 bits per heavy atom. The Morgan fingerprint density at radius 1 is 1.15 bits per heavy atom. The maximum absolute atomic E-state index is 13.1. The molecule has 2 aromatic carbocycles. The van der Waals surface area contributed by atoms with Crippen molar-refractivity contribution in [1.29, 1.82) is 0 Å². The van der Waals surface area contributed by atoms with Crippen LogP contribution in [0, 0.1) is 0 Å². The second-order valence-corrected chi connectivity index (χ2v) is 5.94. The number of anilines is 1. The number of para-hydroxylation sites is 1. The van der Waals surface area contributed by atoms with Gasteiger partial charge in [-0.25, -0.2) is 0 Å². The van der Waals surface area contributed by atoms with Gasteiger partial charge in [-0.05, 0) is 37.3 Å². The summed E-state index contributed by atoms with van der Waals surface area (Å²) in [4.78, 5) is 12.5. The van der Waals surface area contributed by atoms with Gasteiger partial charge in [-0.1, -0.05) is 29.8 Å². The monoisotopic (exact) mass is 380 g/mol. The van der Waals surface area contributed by atoms with Crippen molar-refractivity contribution in [2.24, 2.45) is 15.3 Å². The molecule has 0 aromatic heterocycles. The van der Waals surface area contributed by atoms with Crippen LogP contribution in [0.15, 0.2) is 63.9 Å². The van der Waals surface area contributed by atoms with E-state index in [1.165, 1.54) is 0 Å². The fraction of sp³-hybridized carbons (Fsp3) is 0.176. The van der Waals surface area contributed by atoms with E-state index >= 15 is 0 Å². The van der Waals surface area contributed by atoms with Gasteiger partial charge in [0.25, 0.3) is 5.91 Å². The molecule has 0 unspecified atom stereocenters. The summed E-state index contributed by atoms with van der Waals surface area (Å²) in [6, 6.07) is 10.5. The average molecular weight is 381 g/mol. The molecule has 0 saturated carbocycles. The largest absolute Gasteiger partial charge is 0.418 e. The summed E-state index contributed by atoms with van der Waals surface area (Å²) < 4.78 is 39.2. The Balaban J connectivity index is 1.90. The number of alkyl halides is 3. The molecule has 1 aliphatic rings. The molecule has 0 fully saturated rings. The summed E-state index contributed by atoms with van der Waals surface area (Å²) in [5, 5.41) is 12.8. The summed E-state index contributed by atoms with van der Waals surface area (Å²) in [5.74, 6) is -0.493. The van der Waals surface area contributed by atoms with E-state index < -0.39 is 29.4 Å². The number of nitrogens with zero attached hydrogens (tertiary/aromatic N) is 4. The molecule has 1 amide bonds. The zero-order chi connectivity index (χ0) is 18.9. The Morgan fingerprint density at radius 3 is 2.50 bits per heavy atom. The number of carbonyl (C=O) groups is 1. The van der Waals surface area contributed by atoms with Crippen LogP contribution in [0.25, 0.3) is 0 Å². The second kappa shape index (κ2) is 6.87. The molecular weight excluding hydrogens is 369 g/mol. The van der Waals surface area contributed by atoms with Gasteiger partial charge in [0.05, 0.1) is 22.6 Å². The summed E-state index contributed by atoms with van der Waals surface area (Å²) in [6.07, 6.45) is -4.61. The highest BCUT2D eigenvalue weighted by atomic mass is 35.5. The molecule has 1 heterocycles. The highest BCUT2D eigenvalue weighted by Crippen LogP contribution is 2.38. The third-order valence-electron chi connectivity index (χ3n) is 3.64. The van der Waals surface area contributed by atoms with Crippen LogP contribution in [0.2, 0.25) is 5.02 Å². The lowest BCUT2D eigenvalue weighted by Gasteiger charge is -2.12. The molecule has 3 rings (SSSR count). The van der Waals surface area contributed by atoms with Crippen molar-refractivity contribution in [2.45, 2.75) is 19.1 Å². The Kier molecular flexibility index (Phi) is 4.78. The number of hydrazone groups is 1. The molecule has 2 aromatic rings. The van der Waals surface area contributed by atoms with Crippen molar-refractivity contribution in [3.63, 3.8) is 0 Å². The van der Waals surface area contributed by atoms with Gasteiger partial charge in [0.1, 0.15) is 0 Å². The lowest BCUT2D eigenvalue weighted by atomic mass is 10.2. The van der Waals surface area contributed by atoms with Crippen molar-refractivity contribution in [3.05, 3.63) is 59.1 Å². The predicted octanol–water partition coefficient (Wildman–Crippen LogP) is 5.23. The van der Waals surface area contributed by atoms with Crippen LogP contribution in [0.1, 0.15) is 12.5 Å². The van der Waals surface area contributed by atoms with E-state index in [9.17, 15) is 18.0 Å². The quantitative estimate of drug-likeness (QED) is 0.672. The van der Waals surface area contributed by atoms with E-state index in [-0.39, 0.29) is 5.02 Å². The SMILES string of the molecule is CC1=NN(c2ccccc2)C(=O)[C@H]1N=Nc1cc(Cl)ccc1C(F)(F)F. The van der Waals surface area contributed by atoms with E-state index in [4.69, 9.17) is 11.6 Å². The molecule has 0 saturated heterocycles. The van der Waals surface area contributed by atoms with Crippen LogP contribution >= 0.6 is 11.6 Å². The number of amides is 1. The Hall–Kier alpha value is -2.74. The van der Waals surface area contributed by atoms with Gasteiger partial charge < -0.3 is 0 Å². The number of benzene rings is 2. The van der Waals surface area contributed by atoms with Crippen LogP contribution in [-0.2, 0) is 11.0 Å². The fourth-order valence-electron chi connectivity index (χ4n) is 2.39. The number of carbonyl (C=O) groups excluding carboxylic acids is 1. The van der Waals surface area contributed by atoms with E-state index in [1.54, 1.807) is 37.3 Å². The summed E-state index contributed by atoms with van der Waals surface area (Å²) in [7, 11) is 0. The molecule has 1 atom stereocenters. The predicted molar refractivity (Wildman–Crippen MR) is 91.8 cm³/mol. The number of hydrogen-bond acceptors (Lipinski definition) is 4. The fourth-order valence-corrected chi connectivity index (χ4v) is 2.56. The molecular formula is C17H12ClF3N4O. The first-order valence-corrected chi connectivity index (χ1v) is 7.87. The zero-order valence-corrected chi connectivity index (χ0v) is 14.2. The van der Waals surface area contributed by atoms with Crippen LogP contribution in [0.4, 0.5) is 24.5 Å². The van der Waals surface area contributed by atoms with Crippen molar-refractivity contribution >= 4 is 34.6 Å². The molecule has 26 heavy (non-hydrogen) atoms. The maximum atomic E-state index is 13.1. The van der Waals surface area contributed by atoms with Gasteiger partial charge in [-0.15, -0.1) is 0 Å². The van der Waals surface area contributed by atoms with Crippen LogP contribution < -0.4 is 5.01 Å². The van der Waals surface area contributed by atoms with Crippen LogP contribution in [0.3, 0.4) is 0 Å². The number of halogens is 4. The van der Waals surface area contributed by atoms with Crippen LogP contribution in [0.5, 0.6) is 0 Å². The molecule has 0 radical (unpaired) electrons. The Bertz CT molecular complexity index is 897. The average Bonchev–Trinajstić information content (AvgIpc) is 2.87. The van der Waals surface area contributed by atoms with E-state index in [0.29, 0.717) is 11.4 Å². The highest BCUT2D eigenvalue weighted by molar-refractivity contribution is 6.30. The molecule has 0 spiro atoms. The molecule has 9 heteroatoms. The zero-order valence-electron chi connectivity index (χ0n) is 13.4. The van der Waals surface area contributed by atoms with E-state index in [0.717, 1.165) is 23.2 Å². The van der Waals surface area contributed by atoms with Gasteiger partial charge >= 0.3 is 6.18 Å². The molecule has 134 valence electrons. The van der Waals surface area contributed by atoms with Gasteiger partial charge in [0.2, 0.25) is 0 Å². The molecule has 0 aliphatic carbocycles. The van der Waals surface area contributed by atoms with Crippen LogP contribution in [-0.4, -0.2) is 17.7 Å². The summed E-state index contributed by atoms with van der Waals surface area (Å²) >= 11 is 5.75. The second-order valence-electron chi connectivity index (χ2n) is 5.50. The molecule has 0 bridgehead atoms. The third-order valence-corrected chi connectivity index (χ3v) is 3.88. The highest BCUT2D eigenvalue weighted by Gasteiger charge is 2.36. The van der Waals surface area contributed by atoms with Gasteiger partial charge in [0, 0.05) is 5.02 Å². The first kappa shape index (κ1) is 18.1. The number of rotatable bonds is 3. The maximum Gasteiger partial charge on any atom is 0.418 e. The molecule has 0 N–H and O–H groups in total. The van der Waals surface area contributed by atoms with Crippen molar-refractivity contribution in [2.75, 3.05) is 5.01 Å². The van der Waals surface area contributed by atoms with E-state index in [2.05, 4.69) is 15.3 Å². The van der Waals surface area contributed by atoms with E-state index in [1.807, 2.05) is 0 Å². The van der Waals surface area contributed by atoms with Gasteiger partial charge in [-0.2, -0.15) is 33.5 Å². The number of azo groups is 1. The molecule has 1 aliphatic heterocycles. The topological polar surface area (TPSA) is 57.4 Å². The standard InChI is InChI=1S/C17H12ClF3N4O/c1-10-15(16(26)25(24-10)12-5-3-2-4-6-12)23-22-14-9-11(18)7-8-13(14)17(19,20)21/h2-9,15H,1H3/t15-/m0/s1. The lowest BCUT2D eigenvalue weighted by Crippen LogP contribution is -2.29. The van der Waals surface area contributed by atoms with Gasteiger partial charge in [-0.3, -0.25) is 4.79 Å². The van der Waals surface area contributed by atoms with Crippen molar-refractivity contribution in [3.8, 4) is 0 Å². The third kappa shape index (κ3) is 3.60. The minimum absolute atomic E-state index is 0.0843. The minimum Gasteiger partial charge on any atom is -0.269 e. The van der Waals surface area contributed by atoms with Crippen molar-refractivity contribution in [1.82, 2.24) is 0 Å². The Labute approximate surface area is 151 Å². The molecule has 5 nitrogen and oxygen atoms in total. The summed E-state index contributed by atoms with van der Waals surface area (Å²) in [6.45, 7) is 1.56. The normalized spacial score (nSPS) is 17.9. The smallest absolute Gasteiger partial charge is 0.269 e. The minimum atomic E-state index is -4.61. The summed E-state index contributed by atoms with van der Waals surface area (Å²) in [5.41, 5.74) is -0.569. The first-order chi connectivity index (χ1) is 12.3.